The van der Waals surface area contributed by atoms with Gasteiger partial charge in [0.2, 0.25) is 10.0 Å². The number of sulfonamides is 1. The number of allylic oxidation sites excluding steroid dienone is 1. The van der Waals surface area contributed by atoms with Crippen LogP contribution in [0.1, 0.15) is 13.3 Å². The fourth-order valence-corrected chi connectivity index (χ4v) is 3.09. The Morgan fingerprint density at radius 3 is 2.67 bits per heavy atom. The van der Waals surface area contributed by atoms with E-state index in [2.05, 4.69) is 4.72 Å². The van der Waals surface area contributed by atoms with Crippen LogP contribution in [0, 0.1) is 0 Å². The van der Waals surface area contributed by atoms with Gasteiger partial charge >= 0.3 is 0 Å². The van der Waals surface area contributed by atoms with Crippen LogP contribution < -0.4 is 10.5 Å². The van der Waals surface area contributed by atoms with Crippen LogP contribution in [0.15, 0.2) is 29.2 Å². The van der Waals surface area contributed by atoms with Gasteiger partial charge in [-0.05, 0) is 25.5 Å². The van der Waals surface area contributed by atoms with Crippen molar-refractivity contribution in [1.82, 2.24) is 4.72 Å². The molecule has 0 unspecified atom stereocenters. The number of hydrogen-bond donors (Lipinski definition) is 2. The van der Waals surface area contributed by atoms with Gasteiger partial charge in [-0.15, -0.1) is 0 Å². The first-order valence-electron chi connectivity index (χ1n) is 5.24. The maximum absolute atomic E-state index is 12.0. The van der Waals surface area contributed by atoms with Crippen LogP contribution in [0.3, 0.4) is 0 Å². The molecular formula is C11H14Cl2N2O2S. The molecule has 0 spiro atoms. The average molecular weight is 309 g/mol. The van der Waals surface area contributed by atoms with Gasteiger partial charge in [0.25, 0.3) is 0 Å². The SMILES string of the molecule is C/C=C/CCNS(=O)(=O)c1ccc(Cl)c(N)c1Cl. The summed E-state index contributed by atoms with van der Waals surface area (Å²) in [7, 11) is -3.67. The van der Waals surface area contributed by atoms with Crippen molar-refractivity contribution >= 4 is 38.9 Å². The molecule has 0 fully saturated rings. The Kier molecular flexibility index (Phi) is 5.47. The highest BCUT2D eigenvalue weighted by atomic mass is 35.5. The topological polar surface area (TPSA) is 72.2 Å². The summed E-state index contributed by atoms with van der Waals surface area (Å²) in [4.78, 5) is -0.0634. The molecule has 0 aromatic heterocycles. The molecule has 1 rings (SSSR count). The Balaban J connectivity index is 2.95. The van der Waals surface area contributed by atoms with Gasteiger partial charge in [-0.2, -0.15) is 0 Å². The molecule has 0 aliphatic carbocycles. The first kappa shape index (κ1) is 15.3. The number of nitrogen functional groups attached to an aromatic ring is 1. The fraction of sp³-hybridized carbons (Fsp3) is 0.273. The Morgan fingerprint density at radius 2 is 2.06 bits per heavy atom. The molecule has 7 heteroatoms. The van der Waals surface area contributed by atoms with E-state index < -0.39 is 10.0 Å². The van der Waals surface area contributed by atoms with E-state index in [1.807, 2.05) is 19.1 Å². The number of anilines is 1. The van der Waals surface area contributed by atoms with E-state index in [0.717, 1.165) is 0 Å². The first-order valence-corrected chi connectivity index (χ1v) is 7.48. The van der Waals surface area contributed by atoms with Gasteiger partial charge in [-0.3, -0.25) is 0 Å². The number of nitrogens with one attached hydrogen (secondary N) is 1. The Morgan fingerprint density at radius 1 is 1.39 bits per heavy atom. The molecule has 0 atom stereocenters. The van der Waals surface area contributed by atoms with Crippen molar-refractivity contribution in [3.05, 3.63) is 34.3 Å². The van der Waals surface area contributed by atoms with Crippen molar-refractivity contribution in [1.29, 1.82) is 0 Å². The lowest BCUT2D eigenvalue weighted by Gasteiger charge is -2.09. The molecule has 3 N–H and O–H groups in total. The number of halogens is 2. The molecule has 0 heterocycles. The van der Waals surface area contributed by atoms with Crippen LogP contribution in [0.5, 0.6) is 0 Å². The van der Waals surface area contributed by atoms with Gasteiger partial charge in [0.15, 0.2) is 0 Å². The van der Waals surface area contributed by atoms with E-state index in [1.165, 1.54) is 12.1 Å². The highest BCUT2D eigenvalue weighted by Crippen LogP contribution is 2.32. The molecule has 0 aliphatic rings. The van der Waals surface area contributed by atoms with Gasteiger partial charge in [-0.1, -0.05) is 35.4 Å². The number of nitrogens with two attached hydrogens (primary N) is 1. The third kappa shape index (κ3) is 3.62. The van der Waals surface area contributed by atoms with E-state index in [0.29, 0.717) is 13.0 Å². The number of hydrogen-bond acceptors (Lipinski definition) is 3. The monoisotopic (exact) mass is 308 g/mol. The summed E-state index contributed by atoms with van der Waals surface area (Å²) in [6.45, 7) is 2.16. The molecular weight excluding hydrogens is 295 g/mol. The maximum Gasteiger partial charge on any atom is 0.242 e. The smallest absolute Gasteiger partial charge is 0.242 e. The largest absolute Gasteiger partial charge is 0.396 e. The van der Waals surface area contributed by atoms with Crippen molar-refractivity contribution in [3.63, 3.8) is 0 Å². The summed E-state index contributed by atoms with van der Waals surface area (Å²) >= 11 is 11.6. The zero-order valence-corrected chi connectivity index (χ0v) is 12.1. The second-order valence-electron chi connectivity index (χ2n) is 3.53. The maximum atomic E-state index is 12.0. The molecule has 18 heavy (non-hydrogen) atoms. The molecule has 0 radical (unpaired) electrons. The van der Waals surface area contributed by atoms with Crippen LogP contribution in [-0.2, 0) is 10.0 Å². The quantitative estimate of drug-likeness (QED) is 0.499. The Hall–Kier alpha value is -0.750. The third-order valence-corrected chi connectivity index (χ3v) is 4.57. The fourth-order valence-electron chi connectivity index (χ4n) is 1.28. The van der Waals surface area contributed by atoms with Gasteiger partial charge in [0.1, 0.15) is 4.90 Å². The minimum atomic E-state index is -3.67. The summed E-state index contributed by atoms with van der Waals surface area (Å²) in [5, 5.41) is 0.175. The number of rotatable bonds is 5. The van der Waals surface area contributed by atoms with Crippen LogP contribution >= 0.6 is 23.2 Å². The molecule has 100 valence electrons. The zero-order chi connectivity index (χ0) is 13.8. The molecule has 1 aromatic rings. The van der Waals surface area contributed by atoms with Crippen molar-refractivity contribution in [3.8, 4) is 0 Å². The van der Waals surface area contributed by atoms with Crippen LogP contribution in [0.2, 0.25) is 10.0 Å². The van der Waals surface area contributed by atoms with Gasteiger partial charge < -0.3 is 5.73 Å². The second kappa shape index (κ2) is 6.43. The predicted octanol–water partition coefficient (Wildman–Crippen LogP) is 2.82. The lowest BCUT2D eigenvalue weighted by molar-refractivity contribution is 0.582. The van der Waals surface area contributed by atoms with E-state index in [1.54, 1.807) is 0 Å². The zero-order valence-electron chi connectivity index (χ0n) is 9.78. The van der Waals surface area contributed by atoms with Crippen LogP contribution in [0.4, 0.5) is 5.69 Å². The van der Waals surface area contributed by atoms with E-state index >= 15 is 0 Å². The normalized spacial score (nSPS) is 12.2. The lowest BCUT2D eigenvalue weighted by Crippen LogP contribution is -2.25. The molecule has 0 saturated carbocycles. The average Bonchev–Trinajstić information content (AvgIpc) is 2.31. The minimum absolute atomic E-state index is 0.0546. The molecule has 0 bridgehead atoms. The minimum Gasteiger partial charge on any atom is -0.396 e. The highest BCUT2D eigenvalue weighted by molar-refractivity contribution is 7.89. The summed E-state index contributed by atoms with van der Waals surface area (Å²) in [6.07, 6.45) is 4.32. The molecule has 1 aromatic carbocycles. The van der Waals surface area contributed by atoms with Crippen molar-refractivity contribution in [2.45, 2.75) is 18.2 Å². The van der Waals surface area contributed by atoms with Crippen LogP contribution in [-0.4, -0.2) is 15.0 Å². The number of benzene rings is 1. The molecule has 0 aliphatic heterocycles. The highest BCUT2D eigenvalue weighted by Gasteiger charge is 2.19. The molecule has 0 amide bonds. The molecule has 4 nitrogen and oxygen atoms in total. The van der Waals surface area contributed by atoms with Gasteiger partial charge in [0, 0.05) is 6.54 Å². The van der Waals surface area contributed by atoms with E-state index in [-0.39, 0.29) is 20.6 Å². The predicted molar refractivity (Wildman–Crippen MR) is 75.5 cm³/mol. The molecule has 0 saturated heterocycles. The Bertz CT molecular complexity index is 556. The summed E-state index contributed by atoms with van der Waals surface area (Å²) < 4.78 is 26.4. The summed E-state index contributed by atoms with van der Waals surface area (Å²) in [6, 6.07) is 2.74. The summed E-state index contributed by atoms with van der Waals surface area (Å²) in [5.41, 5.74) is 5.65. The van der Waals surface area contributed by atoms with Crippen molar-refractivity contribution in [2.75, 3.05) is 12.3 Å². The standard InChI is InChI=1S/C11H14Cl2N2O2S/c1-2-3-4-7-15-18(16,17)9-6-5-8(12)11(14)10(9)13/h2-3,5-6,15H,4,7,14H2,1H3/b3-2+. The van der Waals surface area contributed by atoms with E-state index in [4.69, 9.17) is 28.9 Å². The van der Waals surface area contributed by atoms with E-state index in [9.17, 15) is 8.42 Å². The van der Waals surface area contributed by atoms with Crippen molar-refractivity contribution in [2.24, 2.45) is 0 Å². The second-order valence-corrected chi connectivity index (χ2v) is 6.05. The lowest BCUT2D eigenvalue weighted by atomic mass is 10.3. The van der Waals surface area contributed by atoms with Gasteiger partial charge in [0.05, 0.1) is 15.7 Å². The third-order valence-electron chi connectivity index (χ3n) is 2.22. The van der Waals surface area contributed by atoms with Crippen LogP contribution in [0.25, 0.3) is 0 Å². The first-order chi connectivity index (χ1) is 8.40. The Labute approximate surface area is 117 Å². The van der Waals surface area contributed by atoms with Crippen molar-refractivity contribution < 1.29 is 8.42 Å². The summed E-state index contributed by atoms with van der Waals surface area (Å²) in [5.74, 6) is 0. The van der Waals surface area contributed by atoms with Gasteiger partial charge in [-0.25, -0.2) is 13.1 Å².